The number of aromatic amines is 2. The predicted octanol–water partition coefficient (Wildman–Crippen LogP) is 12.3. The van der Waals surface area contributed by atoms with Crippen LogP contribution in [0.15, 0.2) is 128 Å². The summed E-state index contributed by atoms with van der Waals surface area (Å²) >= 11 is 0. The van der Waals surface area contributed by atoms with Gasteiger partial charge in [0, 0.05) is 44.7 Å². The van der Waals surface area contributed by atoms with Gasteiger partial charge in [0.2, 0.25) is 0 Å². The van der Waals surface area contributed by atoms with Crippen LogP contribution in [0.2, 0.25) is 0 Å². The standard InChI is InChI=1S/C46H43N5/c1-45(2,3)31-20-21-39-35(24-31)36-25-32(46(4,5)6)26-37(43(36)51-39)42(47)34-18-12-13-19-38(34)49-41-23-30(28-14-8-7-9-15-28)22-40(50-41)44-33-17-11-10-16-29(33)27-48-44/h7-27,47-48,51H,1-6H3,(H,49,50). The topological polar surface area (TPSA) is 80.4 Å². The third-order valence-corrected chi connectivity index (χ3v) is 9.96. The van der Waals surface area contributed by atoms with E-state index in [4.69, 9.17) is 4.98 Å². The van der Waals surface area contributed by atoms with Crippen LogP contribution in [0.3, 0.4) is 0 Å². The minimum Gasteiger partial charge on any atom is -0.359 e. The minimum absolute atomic E-state index is 0.0270. The SMILES string of the molecule is CC(C)(C)c1ccc2[nH]c3c(C(=N)c4ccccc4Nc4cc(-c5ccccc5)cc(-c5[nH]cc6ccccc56)n4)cc(C(C)(C)C)cc3c2c1. The number of hydrogen-bond donors (Lipinski definition) is 4. The summed E-state index contributed by atoms with van der Waals surface area (Å²) in [4.78, 5) is 12.3. The molecular formula is C46H43N5. The zero-order valence-corrected chi connectivity index (χ0v) is 30.1. The van der Waals surface area contributed by atoms with Crippen molar-refractivity contribution in [2.45, 2.75) is 52.4 Å². The quantitative estimate of drug-likeness (QED) is 0.133. The number of rotatable bonds is 6. The van der Waals surface area contributed by atoms with Gasteiger partial charge in [0.05, 0.1) is 22.6 Å². The van der Waals surface area contributed by atoms with Gasteiger partial charge in [-0.1, -0.05) is 120 Å². The lowest BCUT2D eigenvalue weighted by atomic mass is 9.83. The molecule has 0 aliphatic rings. The van der Waals surface area contributed by atoms with Gasteiger partial charge < -0.3 is 15.3 Å². The van der Waals surface area contributed by atoms with Crippen LogP contribution in [0.5, 0.6) is 0 Å². The number of anilines is 2. The second-order valence-electron chi connectivity index (χ2n) is 15.6. The van der Waals surface area contributed by atoms with E-state index >= 15 is 0 Å². The van der Waals surface area contributed by atoms with Crippen LogP contribution in [0.1, 0.15) is 63.8 Å². The number of nitrogens with zero attached hydrogens (tertiary/aromatic N) is 1. The molecule has 0 aliphatic carbocycles. The Morgan fingerprint density at radius 1 is 0.627 bits per heavy atom. The Bertz CT molecular complexity index is 2590. The summed E-state index contributed by atoms with van der Waals surface area (Å²) in [5, 5.41) is 18.1. The van der Waals surface area contributed by atoms with Crippen LogP contribution in [0.4, 0.5) is 11.5 Å². The molecule has 4 N–H and O–H groups in total. The van der Waals surface area contributed by atoms with Crippen molar-refractivity contribution in [3.8, 4) is 22.5 Å². The first-order chi connectivity index (χ1) is 24.4. The lowest BCUT2D eigenvalue weighted by Gasteiger charge is -2.22. The fourth-order valence-electron chi connectivity index (χ4n) is 7.00. The highest BCUT2D eigenvalue weighted by Crippen LogP contribution is 2.38. The first-order valence-electron chi connectivity index (χ1n) is 17.6. The molecule has 0 spiro atoms. The Morgan fingerprint density at radius 3 is 2.12 bits per heavy atom. The summed E-state index contributed by atoms with van der Waals surface area (Å²) in [6.45, 7) is 13.5. The van der Waals surface area contributed by atoms with E-state index in [0.717, 1.165) is 66.5 Å². The Kier molecular flexibility index (Phi) is 7.68. The molecule has 51 heavy (non-hydrogen) atoms. The summed E-state index contributed by atoms with van der Waals surface area (Å²) in [5.41, 5.74) is 11.4. The second kappa shape index (κ2) is 12.1. The number of hydrogen-bond acceptors (Lipinski definition) is 3. The van der Waals surface area contributed by atoms with E-state index in [2.05, 4.69) is 148 Å². The molecule has 5 aromatic carbocycles. The molecule has 0 radical (unpaired) electrons. The summed E-state index contributed by atoms with van der Waals surface area (Å²) in [7, 11) is 0. The molecule has 3 heterocycles. The van der Waals surface area contributed by atoms with Crippen molar-refractivity contribution in [2.24, 2.45) is 0 Å². The van der Waals surface area contributed by atoms with E-state index in [1.807, 2.05) is 36.5 Å². The average Bonchev–Trinajstić information content (AvgIpc) is 3.72. The molecule has 5 heteroatoms. The van der Waals surface area contributed by atoms with Gasteiger partial charge >= 0.3 is 0 Å². The summed E-state index contributed by atoms with van der Waals surface area (Å²) < 4.78 is 0. The first kappa shape index (κ1) is 32.3. The van der Waals surface area contributed by atoms with Crippen molar-refractivity contribution in [2.75, 3.05) is 5.32 Å². The maximum absolute atomic E-state index is 9.81. The van der Waals surface area contributed by atoms with Crippen LogP contribution in [0, 0.1) is 5.41 Å². The number of pyridine rings is 1. The maximum atomic E-state index is 9.81. The molecule has 3 aromatic heterocycles. The lowest BCUT2D eigenvalue weighted by molar-refractivity contribution is 0.590. The Hall–Kier alpha value is -5.94. The number of nitrogens with one attached hydrogen (secondary N) is 4. The Labute approximate surface area is 299 Å². The molecule has 0 bridgehead atoms. The molecule has 0 saturated carbocycles. The van der Waals surface area contributed by atoms with Crippen molar-refractivity contribution in [3.63, 3.8) is 0 Å². The summed E-state index contributed by atoms with van der Waals surface area (Å²) in [6.07, 6.45) is 2.03. The van der Waals surface area contributed by atoms with Crippen molar-refractivity contribution in [3.05, 3.63) is 150 Å². The summed E-state index contributed by atoms with van der Waals surface area (Å²) in [5.74, 6) is 0.708. The number of benzene rings is 5. The van der Waals surface area contributed by atoms with Crippen molar-refractivity contribution >= 4 is 49.8 Å². The van der Waals surface area contributed by atoms with Crippen LogP contribution in [-0.4, -0.2) is 20.7 Å². The number of aromatic nitrogens is 3. The number of H-pyrrole nitrogens is 2. The van der Waals surface area contributed by atoms with Gasteiger partial charge in [0.25, 0.3) is 0 Å². The molecule has 0 unspecified atom stereocenters. The van der Waals surface area contributed by atoms with Crippen molar-refractivity contribution < 1.29 is 0 Å². The molecule has 0 atom stereocenters. The Balaban J connectivity index is 1.26. The van der Waals surface area contributed by atoms with Crippen molar-refractivity contribution in [1.29, 1.82) is 5.41 Å². The average molecular weight is 666 g/mol. The third-order valence-electron chi connectivity index (χ3n) is 9.96. The highest BCUT2D eigenvalue weighted by Gasteiger charge is 2.23. The second-order valence-corrected chi connectivity index (χ2v) is 15.6. The molecule has 0 aliphatic heterocycles. The molecular weight excluding hydrogens is 623 g/mol. The van der Waals surface area contributed by atoms with E-state index < -0.39 is 0 Å². The maximum Gasteiger partial charge on any atom is 0.131 e. The van der Waals surface area contributed by atoms with E-state index in [1.165, 1.54) is 16.5 Å². The Morgan fingerprint density at radius 2 is 1.33 bits per heavy atom. The van der Waals surface area contributed by atoms with Gasteiger partial charge in [-0.2, -0.15) is 0 Å². The normalized spacial score (nSPS) is 12.2. The lowest BCUT2D eigenvalue weighted by Crippen LogP contribution is -2.14. The molecule has 8 aromatic rings. The minimum atomic E-state index is -0.105. The molecule has 8 rings (SSSR count). The number of fused-ring (bicyclic) bond motifs is 4. The van der Waals surface area contributed by atoms with Crippen LogP contribution >= 0.6 is 0 Å². The molecule has 252 valence electrons. The molecule has 0 saturated heterocycles. The highest BCUT2D eigenvalue weighted by atomic mass is 15.0. The zero-order valence-electron chi connectivity index (χ0n) is 30.1. The van der Waals surface area contributed by atoms with Crippen LogP contribution < -0.4 is 5.32 Å². The molecule has 0 amide bonds. The van der Waals surface area contributed by atoms with Crippen LogP contribution in [-0.2, 0) is 10.8 Å². The fraction of sp³-hybridized carbons (Fsp3) is 0.174. The van der Waals surface area contributed by atoms with Gasteiger partial charge in [-0.3, -0.25) is 5.41 Å². The van der Waals surface area contributed by atoms with E-state index in [1.54, 1.807) is 0 Å². The van der Waals surface area contributed by atoms with E-state index in [-0.39, 0.29) is 10.8 Å². The smallest absolute Gasteiger partial charge is 0.131 e. The van der Waals surface area contributed by atoms with E-state index in [9.17, 15) is 5.41 Å². The molecule has 5 nitrogen and oxygen atoms in total. The summed E-state index contributed by atoms with van der Waals surface area (Å²) in [6, 6.07) is 42.3. The van der Waals surface area contributed by atoms with Gasteiger partial charge in [-0.15, -0.1) is 0 Å². The largest absolute Gasteiger partial charge is 0.359 e. The fourth-order valence-corrected chi connectivity index (χ4v) is 7.00. The highest BCUT2D eigenvalue weighted by molar-refractivity contribution is 6.23. The third kappa shape index (κ3) is 5.99. The van der Waals surface area contributed by atoms with Gasteiger partial charge in [0.15, 0.2) is 0 Å². The first-order valence-corrected chi connectivity index (χ1v) is 17.6. The molecule has 0 fully saturated rings. The predicted molar refractivity (Wildman–Crippen MR) is 216 cm³/mol. The van der Waals surface area contributed by atoms with Crippen molar-refractivity contribution in [1.82, 2.24) is 15.0 Å². The van der Waals surface area contributed by atoms with Gasteiger partial charge in [-0.25, -0.2) is 4.98 Å². The van der Waals surface area contributed by atoms with Crippen LogP contribution in [0.25, 0.3) is 55.1 Å². The van der Waals surface area contributed by atoms with Gasteiger partial charge in [-0.05, 0) is 80.9 Å². The zero-order chi connectivity index (χ0) is 35.5. The van der Waals surface area contributed by atoms with Gasteiger partial charge in [0.1, 0.15) is 5.82 Å². The monoisotopic (exact) mass is 665 g/mol. The van der Waals surface area contributed by atoms with E-state index in [0.29, 0.717) is 11.5 Å². The number of para-hydroxylation sites is 1.